The number of carbonyl (C=O) groups is 1. The van der Waals surface area contributed by atoms with Crippen molar-refractivity contribution in [3.05, 3.63) is 12.2 Å². The molecular formula is C11H16O. The molecule has 0 aromatic heterocycles. The smallest absolute Gasteiger partial charge is 0.136 e. The molecule has 1 nitrogen and oxygen atoms in total. The van der Waals surface area contributed by atoms with Gasteiger partial charge < -0.3 is 0 Å². The first-order chi connectivity index (χ1) is 5.79. The second-order valence-electron chi connectivity index (χ2n) is 4.20. The second kappa shape index (κ2) is 3.04. The van der Waals surface area contributed by atoms with Crippen LogP contribution in [0.15, 0.2) is 12.2 Å². The van der Waals surface area contributed by atoms with Crippen LogP contribution < -0.4 is 0 Å². The monoisotopic (exact) mass is 164 g/mol. The number of Topliss-reactive ketones (excluding diaryl/α,β-unsaturated/α-hetero) is 1. The lowest BCUT2D eigenvalue weighted by molar-refractivity contribution is -0.128. The zero-order valence-electron chi connectivity index (χ0n) is 7.62. The minimum Gasteiger partial charge on any atom is -0.299 e. The van der Waals surface area contributed by atoms with Crippen LogP contribution in [-0.2, 0) is 4.79 Å². The van der Waals surface area contributed by atoms with Crippen LogP contribution in [0, 0.1) is 17.8 Å². The Morgan fingerprint density at radius 3 is 2.83 bits per heavy atom. The second-order valence-corrected chi connectivity index (χ2v) is 4.20. The summed E-state index contributed by atoms with van der Waals surface area (Å²) in [6.45, 7) is 2.29. The van der Waals surface area contributed by atoms with Gasteiger partial charge in [-0.15, -0.1) is 0 Å². The molecule has 0 radical (unpaired) electrons. The number of fused-ring (bicyclic) bond motifs is 1. The first kappa shape index (κ1) is 8.03. The van der Waals surface area contributed by atoms with E-state index in [1.54, 1.807) is 0 Å². The van der Waals surface area contributed by atoms with Gasteiger partial charge in [0.15, 0.2) is 0 Å². The maximum atomic E-state index is 11.5. The van der Waals surface area contributed by atoms with E-state index in [1.807, 2.05) is 0 Å². The minimum atomic E-state index is 0.374. The van der Waals surface area contributed by atoms with Crippen LogP contribution in [0.4, 0.5) is 0 Å². The fourth-order valence-electron chi connectivity index (χ4n) is 2.60. The molecule has 0 aromatic rings. The fraction of sp³-hybridized carbons (Fsp3) is 0.727. The van der Waals surface area contributed by atoms with Crippen molar-refractivity contribution >= 4 is 5.78 Å². The lowest BCUT2D eigenvalue weighted by Crippen LogP contribution is -2.34. The van der Waals surface area contributed by atoms with Crippen LogP contribution in [-0.4, -0.2) is 5.78 Å². The Morgan fingerprint density at radius 2 is 2.08 bits per heavy atom. The highest BCUT2D eigenvalue weighted by Crippen LogP contribution is 2.39. The summed E-state index contributed by atoms with van der Waals surface area (Å²) < 4.78 is 0. The Labute approximate surface area is 73.8 Å². The van der Waals surface area contributed by atoms with Gasteiger partial charge in [-0.3, -0.25) is 4.79 Å². The highest BCUT2D eigenvalue weighted by Gasteiger charge is 2.35. The molecule has 1 fully saturated rings. The molecule has 0 heterocycles. The van der Waals surface area contributed by atoms with E-state index in [4.69, 9.17) is 0 Å². The van der Waals surface area contributed by atoms with Gasteiger partial charge >= 0.3 is 0 Å². The summed E-state index contributed by atoms with van der Waals surface area (Å²) >= 11 is 0. The maximum Gasteiger partial charge on any atom is 0.136 e. The molecule has 1 saturated carbocycles. The Hall–Kier alpha value is -0.590. The van der Waals surface area contributed by atoms with Crippen molar-refractivity contribution in [3.8, 4) is 0 Å². The molecule has 1 heteroatoms. The first-order valence-electron chi connectivity index (χ1n) is 4.96. The van der Waals surface area contributed by atoms with E-state index >= 15 is 0 Å². The predicted molar refractivity (Wildman–Crippen MR) is 48.8 cm³/mol. The number of hydrogen-bond donors (Lipinski definition) is 0. The maximum absolute atomic E-state index is 11.5. The normalized spacial score (nSPS) is 41.1. The van der Waals surface area contributed by atoms with Crippen molar-refractivity contribution in [1.82, 2.24) is 0 Å². The van der Waals surface area contributed by atoms with Gasteiger partial charge in [-0.2, -0.15) is 0 Å². The SMILES string of the molecule is C[C@H]1CCC(=O)[C@@H]2CC=CC[C@@H]12. The van der Waals surface area contributed by atoms with Gasteiger partial charge in [0.2, 0.25) is 0 Å². The van der Waals surface area contributed by atoms with E-state index < -0.39 is 0 Å². The van der Waals surface area contributed by atoms with E-state index in [2.05, 4.69) is 19.1 Å². The minimum absolute atomic E-state index is 0.374. The average Bonchev–Trinajstić information content (AvgIpc) is 2.12. The number of ketones is 1. The summed E-state index contributed by atoms with van der Waals surface area (Å²) in [7, 11) is 0. The van der Waals surface area contributed by atoms with Gasteiger partial charge in [0, 0.05) is 12.3 Å². The fourth-order valence-corrected chi connectivity index (χ4v) is 2.60. The molecule has 2 aliphatic rings. The molecule has 0 N–H and O–H groups in total. The van der Waals surface area contributed by atoms with E-state index in [1.165, 1.54) is 0 Å². The van der Waals surface area contributed by atoms with E-state index in [-0.39, 0.29) is 0 Å². The van der Waals surface area contributed by atoms with Crippen molar-refractivity contribution in [3.63, 3.8) is 0 Å². The zero-order chi connectivity index (χ0) is 8.55. The summed E-state index contributed by atoms with van der Waals surface area (Å²) in [6.07, 6.45) is 8.52. The van der Waals surface area contributed by atoms with E-state index in [9.17, 15) is 4.79 Å². The molecule has 2 rings (SSSR count). The number of carbonyl (C=O) groups excluding carboxylic acids is 1. The van der Waals surface area contributed by atoms with Crippen LogP contribution in [0.5, 0.6) is 0 Å². The largest absolute Gasteiger partial charge is 0.299 e. The summed E-state index contributed by atoms with van der Waals surface area (Å²) in [5.74, 6) is 2.31. The first-order valence-corrected chi connectivity index (χ1v) is 4.96. The van der Waals surface area contributed by atoms with Crippen LogP contribution in [0.25, 0.3) is 0 Å². The summed E-state index contributed by atoms with van der Waals surface area (Å²) in [5.41, 5.74) is 0. The summed E-state index contributed by atoms with van der Waals surface area (Å²) in [4.78, 5) is 11.5. The molecule has 3 atom stereocenters. The molecule has 12 heavy (non-hydrogen) atoms. The molecule has 66 valence electrons. The lowest BCUT2D eigenvalue weighted by Gasteiger charge is -2.36. The van der Waals surface area contributed by atoms with Gasteiger partial charge in [-0.25, -0.2) is 0 Å². The molecule has 0 unspecified atom stereocenters. The third kappa shape index (κ3) is 1.21. The molecule has 2 aliphatic carbocycles. The Morgan fingerprint density at radius 1 is 1.33 bits per heavy atom. The van der Waals surface area contributed by atoms with Gasteiger partial charge in [0.05, 0.1) is 0 Å². The molecule has 0 aromatic carbocycles. The summed E-state index contributed by atoms with van der Waals surface area (Å²) in [5, 5.41) is 0. The Bertz CT molecular complexity index is 217. The molecule has 0 spiro atoms. The van der Waals surface area contributed by atoms with Crippen molar-refractivity contribution in [2.24, 2.45) is 17.8 Å². The predicted octanol–water partition coefficient (Wildman–Crippen LogP) is 2.57. The van der Waals surface area contributed by atoms with Gasteiger partial charge in [0.1, 0.15) is 5.78 Å². The van der Waals surface area contributed by atoms with E-state index in [0.717, 1.165) is 31.6 Å². The average molecular weight is 164 g/mol. The third-order valence-corrected chi connectivity index (χ3v) is 3.47. The Kier molecular flexibility index (Phi) is 2.03. The lowest BCUT2D eigenvalue weighted by atomic mass is 9.67. The van der Waals surface area contributed by atoms with Crippen molar-refractivity contribution in [2.75, 3.05) is 0 Å². The highest BCUT2D eigenvalue weighted by molar-refractivity contribution is 5.82. The van der Waals surface area contributed by atoms with Gasteiger partial charge in [-0.1, -0.05) is 19.1 Å². The number of hydrogen-bond acceptors (Lipinski definition) is 1. The molecule has 0 saturated heterocycles. The quantitative estimate of drug-likeness (QED) is 0.503. The van der Waals surface area contributed by atoms with Crippen LogP contribution in [0.1, 0.15) is 32.6 Å². The van der Waals surface area contributed by atoms with Crippen molar-refractivity contribution < 1.29 is 4.79 Å². The summed E-state index contributed by atoms with van der Waals surface area (Å²) in [6, 6.07) is 0. The van der Waals surface area contributed by atoms with E-state index in [0.29, 0.717) is 17.6 Å². The number of allylic oxidation sites excluding steroid dienone is 2. The van der Waals surface area contributed by atoms with Crippen molar-refractivity contribution in [2.45, 2.75) is 32.6 Å². The van der Waals surface area contributed by atoms with Gasteiger partial charge in [0.25, 0.3) is 0 Å². The molecular weight excluding hydrogens is 148 g/mol. The molecule has 0 amide bonds. The zero-order valence-corrected chi connectivity index (χ0v) is 7.62. The Balaban J connectivity index is 2.17. The number of rotatable bonds is 0. The van der Waals surface area contributed by atoms with Crippen LogP contribution in [0.3, 0.4) is 0 Å². The molecule has 0 aliphatic heterocycles. The van der Waals surface area contributed by atoms with Crippen LogP contribution in [0.2, 0.25) is 0 Å². The van der Waals surface area contributed by atoms with Crippen molar-refractivity contribution in [1.29, 1.82) is 0 Å². The third-order valence-electron chi connectivity index (χ3n) is 3.47. The molecule has 0 bridgehead atoms. The highest BCUT2D eigenvalue weighted by atomic mass is 16.1. The topological polar surface area (TPSA) is 17.1 Å². The standard InChI is InChI=1S/C11H16O/c1-8-6-7-11(12)10-5-3-2-4-9(8)10/h2-3,8-10H,4-7H2,1H3/t8-,9-,10+/m0/s1. The van der Waals surface area contributed by atoms with Gasteiger partial charge in [-0.05, 0) is 31.1 Å². The van der Waals surface area contributed by atoms with Crippen LogP contribution >= 0.6 is 0 Å².